The summed E-state index contributed by atoms with van der Waals surface area (Å²) >= 11 is 0. The topological polar surface area (TPSA) is 48.1 Å². The number of nitrogens with two attached hydrogens (primary N) is 1. The van der Waals surface area contributed by atoms with Gasteiger partial charge in [-0.2, -0.15) is 0 Å². The second kappa shape index (κ2) is 4.55. The van der Waals surface area contributed by atoms with Crippen LogP contribution in [0, 0.1) is 0 Å². The third-order valence-corrected chi connectivity index (χ3v) is 1.11. The number of hydrogen-bond donors (Lipinski definition) is 1. The van der Waals surface area contributed by atoms with Gasteiger partial charge in [-0.05, 0) is 6.92 Å². The first-order valence-electron chi connectivity index (χ1n) is 3.17. The van der Waals surface area contributed by atoms with Crippen LogP contribution in [0.2, 0.25) is 0 Å². The van der Waals surface area contributed by atoms with Crippen molar-refractivity contribution >= 4 is 5.69 Å². The minimum Gasteiger partial charge on any atom is -0.492 e. The molecule has 1 heterocycles. The highest BCUT2D eigenvalue weighted by atomic mass is 16.5. The lowest BCUT2D eigenvalue weighted by Gasteiger charge is -2.03. The number of nitrogen functional groups attached to an aromatic ring is 1. The lowest BCUT2D eigenvalue weighted by Crippen LogP contribution is -1.96. The highest BCUT2D eigenvalue weighted by Gasteiger charge is 1.94. The van der Waals surface area contributed by atoms with Crippen molar-refractivity contribution in [1.29, 1.82) is 0 Å². The molecule has 0 radical (unpaired) electrons. The first kappa shape index (κ1) is 9.75. The molecule has 3 heteroatoms. The maximum Gasteiger partial charge on any atom is 0.145 e. The molecule has 0 unspecified atom stereocenters. The molecule has 3 nitrogen and oxygen atoms in total. The zero-order valence-corrected chi connectivity index (χ0v) is 5.87. The molecule has 0 aromatic carbocycles. The Kier molecular flexibility index (Phi) is 4.03. The molecule has 0 amide bonds. The van der Waals surface area contributed by atoms with Crippen molar-refractivity contribution in [3.8, 4) is 5.75 Å². The lowest BCUT2D eigenvalue weighted by atomic mass is 10.4. The number of nitrogens with zero attached hydrogens (tertiary/aromatic N) is 1. The zero-order chi connectivity index (χ0) is 7.40. The van der Waals surface area contributed by atoms with Crippen molar-refractivity contribution in [3.63, 3.8) is 0 Å². The minimum atomic E-state index is 0. The van der Waals surface area contributed by atoms with Gasteiger partial charge in [0.25, 0.3) is 0 Å². The summed E-state index contributed by atoms with van der Waals surface area (Å²) in [5, 5.41) is 0. The Morgan fingerprint density at radius 1 is 1.64 bits per heavy atom. The van der Waals surface area contributed by atoms with Gasteiger partial charge in [-0.25, -0.2) is 0 Å². The number of anilines is 1. The smallest absolute Gasteiger partial charge is 0.145 e. The molecule has 0 aliphatic heterocycles. The molecule has 0 spiro atoms. The van der Waals surface area contributed by atoms with Gasteiger partial charge in [-0.1, -0.05) is 7.43 Å². The van der Waals surface area contributed by atoms with E-state index in [1.807, 2.05) is 6.92 Å². The van der Waals surface area contributed by atoms with Crippen molar-refractivity contribution in [2.24, 2.45) is 0 Å². The van der Waals surface area contributed by atoms with Crippen molar-refractivity contribution in [2.75, 3.05) is 12.3 Å². The third kappa shape index (κ3) is 2.45. The third-order valence-electron chi connectivity index (χ3n) is 1.11. The zero-order valence-electron chi connectivity index (χ0n) is 5.87. The van der Waals surface area contributed by atoms with Gasteiger partial charge in [0.1, 0.15) is 5.75 Å². The molecule has 0 saturated carbocycles. The number of ether oxygens (including phenoxy) is 1. The summed E-state index contributed by atoms with van der Waals surface area (Å²) in [5.41, 5.74) is 6.11. The SMILES string of the molecule is C.CCOc1ccncc1N. The monoisotopic (exact) mass is 154 g/mol. The molecule has 0 aliphatic carbocycles. The van der Waals surface area contributed by atoms with Crippen LogP contribution in [-0.2, 0) is 0 Å². The van der Waals surface area contributed by atoms with Crippen molar-refractivity contribution in [2.45, 2.75) is 14.4 Å². The fourth-order valence-electron chi connectivity index (χ4n) is 0.681. The Bertz CT molecular complexity index is 213. The van der Waals surface area contributed by atoms with E-state index < -0.39 is 0 Å². The van der Waals surface area contributed by atoms with E-state index in [9.17, 15) is 0 Å². The van der Waals surface area contributed by atoms with E-state index in [-0.39, 0.29) is 7.43 Å². The molecule has 0 fully saturated rings. The number of rotatable bonds is 2. The molecular weight excluding hydrogens is 140 g/mol. The van der Waals surface area contributed by atoms with Gasteiger partial charge in [0.05, 0.1) is 18.5 Å². The Morgan fingerprint density at radius 2 is 2.36 bits per heavy atom. The largest absolute Gasteiger partial charge is 0.492 e. The van der Waals surface area contributed by atoms with Crippen LogP contribution >= 0.6 is 0 Å². The molecule has 0 aliphatic rings. The van der Waals surface area contributed by atoms with E-state index in [0.29, 0.717) is 18.0 Å². The molecule has 11 heavy (non-hydrogen) atoms. The van der Waals surface area contributed by atoms with E-state index in [2.05, 4.69) is 4.98 Å². The van der Waals surface area contributed by atoms with Crippen LogP contribution in [0.15, 0.2) is 18.5 Å². The second-order valence-electron chi connectivity index (χ2n) is 1.85. The average Bonchev–Trinajstić information content (AvgIpc) is 1.94. The first-order valence-corrected chi connectivity index (χ1v) is 3.17. The number of pyridine rings is 1. The van der Waals surface area contributed by atoms with Crippen LogP contribution in [-0.4, -0.2) is 11.6 Å². The van der Waals surface area contributed by atoms with Crippen molar-refractivity contribution < 1.29 is 4.74 Å². The van der Waals surface area contributed by atoms with E-state index in [4.69, 9.17) is 10.5 Å². The van der Waals surface area contributed by atoms with Gasteiger partial charge in [0, 0.05) is 12.3 Å². The Hall–Kier alpha value is -1.25. The fourth-order valence-corrected chi connectivity index (χ4v) is 0.681. The summed E-state index contributed by atoms with van der Waals surface area (Å²) in [6, 6.07) is 1.75. The van der Waals surface area contributed by atoms with Crippen LogP contribution in [0.3, 0.4) is 0 Å². The Morgan fingerprint density at radius 3 is 2.91 bits per heavy atom. The lowest BCUT2D eigenvalue weighted by molar-refractivity contribution is 0.342. The molecule has 1 rings (SSSR count). The Balaban J connectivity index is 0.000001000. The average molecular weight is 154 g/mol. The quantitative estimate of drug-likeness (QED) is 0.705. The number of hydrogen-bond acceptors (Lipinski definition) is 3. The molecule has 0 bridgehead atoms. The highest BCUT2D eigenvalue weighted by Crippen LogP contribution is 2.17. The summed E-state index contributed by atoms with van der Waals surface area (Å²) in [6.07, 6.45) is 3.23. The van der Waals surface area contributed by atoms with Gasteiger partial charge in [-0.15, -0.1) is 0 Å². The standard InChI is InChI=1S/C7H10N2O.CH4/c1-2-10-7-3-4-9-5-6(7)8;/h3-5H,2,8H2,1H3;1H4. The van der Waals surface area contributed by atoms with Crippen LogP contribution in [0.25, 0.3) is 0 Å². The summed E-state index contributed by atoms with van der Waals surface area (Å²) in [5.74, 6) is 0.706. The van der Waals surface area contributed by atoms with E-state index in [0.717, 1.165) is 0 Å². The van der Waals surface area contributed by atoms with Crippen LogP contribution in [0.1, 0.15) is 14.4 Å². The Labute approximate surface area is 67.2 Å². The maximum atomic E-state index is 5.52. The van der Waals surface area contributed by atoms with Gasteiger partial charge in [0.2, 0.25) is 0 Å². The molecule has 0 atom stereocenters. The predicted octanol–water partition coefficient (Wildman–Crippen LogP) is 1.70. The van der Waals surface area contributed by atoms with Gasteiger partial charge in [0.15, 0.2) is 0 Å². The fraction of sp³-hybridized carbons (Fsp3) is 0.375. The molecule has 0 saturated heterocycles. The molecule has 1 aromatic rings. The first-order chi connectivity index (χ1) is 4.84. The van der Waals surface area contributed by atoms with Gasteiger partial charge in [-0.3, -0.25) is 4.98 Å². The maximum absolute atomic E-state index is 5.52. The molecular formula is C8H14N2O. The van der Waals surface area contributed by atoms with Crippen molar-refractivity contribution in [3.05, 3.63) is 18.5 Å². The van der Waals surface area contributed by atoms with Crippen molar-refractivity contribution in [1.82, 2.24) is 4.98 Å². The molecule has 62 valence electrons. The normalized spacial score (nSPS) is 8.45. The van der Waals surface area contributed by atoms with Crippen LogP contribution in [0.5, 0.6) is 5.75 Å². The van der Waals surface area contributed by atoms with Gasteiger partial charge < -0.3 is 10.5 Å². The molecule has 1 aromatic heterocycles. The van der Waals surface area contributed by atoms with Gasteiger partial charge >= 0.3 is 0 Å². The highest BCUT2D eigenvalue weighted by molar-refractivity contribution is 5.49. The predicted molar refractivity (Wildman–Crippen MR) is 46.5 cm³/mol. The second-order valence-corrected chi connectivity index (χ2v) is 1.85. The summed E-state index contributed by atoms with van der Waals surface area (Å²) in [7, 11) is 0. The minimum absolute atomic E-state index is 0. The van der Waals surface area contributed by atoms with Crippen LogP contribution in [0.4, 0.5) is 5.69 Å². The van der Waals surface area contributed by atoms with E-state index in [1.165, 1.54) is 0 Å². The van der Waals surface area contributed by atoms with Crippen LogP contribution < -0.4 is 10.5 Å². The van der Waals surface area contributed by atoms with E-state index >= 15 is 0 Å². The number of aromatic nitrogens is 1. The summed E-state index contributed by atoms with van der Waals surface area (Å²) in [6.45, 7) is 2.55. The summed E-state index contributed by atoms with van der Waals surface area (Å²) < 4.78 is 5.17. The molecule has 2 N–H and O–H groups in total. The van der Waals surface area contributed by atoms with E-state index in [1.54, 1.807) is 18.5 Å². The summed E-state index contributed by atoms with van der Waals surface area (Å²) in [4.78, 5) is 3.82.